The Labute approximate surface area is 99.5 Å². The van der Waals surface area contributed by atoms with Crippen molar-refractivity contribution in [3.63, 3.8) is 0 Å². The minimum absolute atomic E-state index is 0.340. The molecule has 1 atom stereocenters. The van der Waals surface area contributed by atoms with Crippen molar-refractivity contribution in [1.29, 1.82) is 0 Å². The van der Waals surface area contributed by atoms with Gasteiger partial charge < -0.3 is 16.2 Å². The first-order valence-electron chi connectivity index (χ1n) is 4.83. The van der Waals surface area contributed by atoms with Crippen molar-refractivity contribution in [1.82, 2.24) is 0 Å². The first kappa shape index (κ1) is 12.8. The number of hydrogen-bond donors (Lipinski definition) is 2. The number of aryl methyl sites for hydroxylation is 1. The number of benzene rings is 1. The molecule has 0 aliphatic heterocycles. The molecule has 1 aromatic rings. The fourth-order valence-electron chi connectivity index (χ4n) is 1.38. The minimum atomic E-state index is -0.703. The molecule has 88 valence electrons. The molecule has 0 aliphatic carbocycles. The predicted molar refractivity (Wildman–Crippen MR) is 64.3 cm³/mol. The standard InChI is InChI=1S/C11H15ClN2O2/c1-6-3-7(8(12)5-9(6)13)4-10(14)11(15)16-2/h3,5,10H,4,13-14H2,1-2H3/t10-/m1/s1. The van der Waals surface area contributed by atoms with E-state index in [2.05, 4.69) is 4.74 Å². The van der Waals surface area contributed by atoms with E-state index in [1.165, 1.54) is 7.11 Å². The number of rotatable bonds is 3. The van der Waals surface area contributed by atoms with Crippen molar-refractivity contribution in [2.45, 2.75) is 19.4 Å². The van der Waals surface area contributed by atoms with Crippen LogP contribution in [0.3, 0.4) is 0 Å². The zero-order chi connectivity index (χ0) is 12.3. The van der Waals surface area contributed by atoms with Crippen LogP contribution in [0.4, 0.5) is 5.69 Å². The van der Waals surface area contributed by atoms with Gasteiger partial charge in [-0.25, -0.2) is 0 Å². The molecule has 0 bridgehead atoms. The van der Waals surface area contributed by atoms with E-state index < -0.39 is 12.0 Å². The summed E-state index contributed by atoms with van der Waals surface area (Å²) < 4.78 is 4.55. The first-order valence-corrected chi connectivity index (χ1v) is 5.21. The molecular weight excluding hydrogens is 228 g/mol. The Morgan fingerprint density at radius 1 is 1.56 bits per heavy atom. The van der Waals surface area contributed by atoms with Crippen LogP contribution < -0.4 is 11.5 Å². The van der Waals surface area contributed by atoms with Gasteiger partial charge in [-0.2, -0.15) is 0 Å². The highest BCUT2D eigenvalue weighted by Crippen LogP contribution is 2.23. The van der Waals surface area contributed by atoms with Gasteiger partial charge >= 0.3 is 5.97 Å². The van der Waals surface area contributed by atoms with E-state index in [4.69, 9.17) is 23.1 Å². The maximum absolute atomic E-state index is 11.2. The molecule has 0 unspecified atom stereocenters. The van der Waals surface area contributed by atoms with Gasteiger partial charge in [0.2, 0.25) is 0 Å². The van der Waals surface area contributed by atoms with Gasteiger partial charge in [-0.05, 0) is 30.5 Å². The van der Waals surface area contributed by atoms with Crippen molar-refractivity contribution in [3.8, 4) is 0 Å². The second-order valence-electron chi connectivity index (χ2n) is 3.63. The summed E-state index contributed by atoms with van der Waals surface area (Å²) in [4.78, 5) is 11.2. The molecule has 0 amide bonds. The first-order chi connectivity index (χ1) is 7.45. The number of nitrogens with two attached hydrogens (primary N) is 2. The predicted octanol–water partition coefficient (Wildman–Crippen LogP) is 1.27. The summed E-state index contributed by atoms with van der Waals surface area (Å²) in [5.74, 6) is -0.453. The Morgan fingerprint density at radius 3 is 2.75 bits per heavy atom. The van der Waals surface area contributed by atoms with Gasteiger partial charge in [0.15, 0.2) is 0 Å². The zero-order valence-electron chi connectivity index (χ0n) is 9.29. The molecular formula is C11H15ClN2O2. The van der Waals surface area contributed by atoms with Crippen LogP contribution in [0, 0.1) is 6.92 Å². The highest BCUT2D eigenvalue weighted by Gasteiger charge is 2.16. The van der Waals surface area contributed by atoms with Crippen LogP contribution >= 0.6 is 11.6 Å². The van der Waals surface area contributed by atoms with Crippen LogP contribution in [-0.4, -0.2) is 19.1 Å². The summed E-state index contributed by atoms with van der Waals surface area (Å²) in [7, 11) is 1.30. The van der Waals surface area contributed by atoms with Crippen LogP contribution in [0.2, 0.25) is 5.02 Å². The van der Waals surface area contributed by atoms with E-state index in [1.54, 1.807) is 6.07 Å². The summed E-state index contributed by atoms with van der Waals surface area (Å²) in [6.07, 6.45) is 0.340. The van der Waals surface area contributed by atoms with Gasteiger partial charge in [-0.15, -0.1) is 0 Å². The van der Waals surface area contributed by atoms with Crippen molar-refractivity contribution in [3.05, 3.63) is 28.3 Å². The number of nitrogen functional groups attached to an aromatic ring is 1. The van der Waals surface area contributed by atoms with E-state index in [0.717, 1.165) is 11.1 Å². The van der Waals surface area contributed by atoms with Gasteiger partial charge in [-0.1, -0.05) is 17.7 Å². The molecule has 1 rings (SSSR count). The molecule has 5 heteroatoms. The fourth-order valence-corrected chi connectivity index (χ4v) is 1.63. The SMILES string of the molecule is COC(=O)[C@H](N)Cc1cc(C)c(N)cc1Cl. The van der Waals surface area contributed by atoms with Gasteiger partial charge in [0.25, 0.3) is 0 Å². The largest absolute Gasteiger partial charge is 0.468 e. The number of carbonyl (C=O) groups excluding carboxylic acids is 1. The fraction of sp³-hybridized carbons (Fsp3) is 0.364. The molecule has 0 heterocycles. The lowest BCUT2D eigenvalue weighted by atomic mass is 10.0. The number of halogens is 1. The molecule has 0 aromatic heterocycles. The maximum Gasteiger partial charge on any atom is 0.322 e. The number of anilines is 1. The third-order valence-corrected chi connectivity index (χ3v) is 2.73. The lowest BCUT2D eigenvalue weighted by Gasteiger charge is -2.12. The molecule has 0 aliphatic rings. The number of hydrogen-bond acceptors (Lipinski definition) is 4. The van der Waals surface area contributed by atoms with Gasteiger partial charge in [-0.3, -0.25) is 4.79 Å². The average molecular weight is 243 g/mol. The normalized spacial score (nSPS) is 12.2. The molecule has 1 aromatic carbocycles. The lowest BCUT2D eigenvalue weighted by molar-refractivity contribution is -0.142. The van der Waals surface area contributed by atoms with Crippen LogP contribution in [0.5, 0.6) is 0 Å². The Bertz CT molecular complexity index is 407. The van der Waals surface area contributed by atoms with Gasteiger partial charge in [0, 0.05) is 10.7 Å². The summed E-state index contributed by atoms with van der Waals surface area (Å²) in [5, 5.41) is 0.516. The average Bonchev–Trinajstić information content (AvgIpc) is 2.24. The van der Waals surface area contributed by atoms with E-state index in [0.29, 0.717) is 17.1 Å². The second kappa shape index (κ2) is 5.18. The number of esters is 1. The molecule has 4 N–H and O–H groups in total. The molecule has 0 radical (unpaired) electrons. The Morgan fingerprint density at radius 2 is 2.19 bits per heavy atom. The van der Waals surface area contributed by atoms with E-state index in [1.807, 2.05) is 13.0 Å². The quantitative estimate of drug-likeness (QED) is 0.618. The van der Waals surface area contributed by atoms with Crippen LogP contribution in [0.25, 0.3) is 0 Å². The molecule has 0 fully saturated rings. The van der Waals surface area contributed by atoms with Crippen molar-refractivity contribution >= 4 is 23.3 Å². The van der Waals surface area contributed by atoms with Crippen molar-refractivity contribution in [2.75, 3.05) is 12.8 Å². The summed E-state index contributed by atoms with van der Waals surface area (Å²) in [5.41, 5.74) is 13.7. The Hall–Kier alpha value is -1.26. The second-order valence-corrected chi connectivity index (χ2v) is 4.04. The zero-order valence-corrected chi connectivity index (χ0v) is 10.0. The highest BCUT2D eigenvalue weighted by atomic mass is 35.5. The monoisotopic (exact) mass is 242 g/mol. The van der Waals surface area contributed by atoms with E-state index in [9.17, 15) is 4.79 Å². The number of ether oxygens (including phenoxy) is 1. The van der Waals surface area contributed by atoms with Crippen molar-refractivity contribution in [2.24, 2.45) is 5.73 Å². The number of methoxy groups -OCH3 is 1. The molecule has 0 spiro atoms. The number of carbonyl (C=O) groups is 1. The van der Waals surface area contributed by atoms with Crippen LogP contribution in [0.15, 0.2) is 12.1 Å². The molecule has 0 saturated heterocycles. The summed E-state index contributed by atoms with van der Waals surface area (Å²) in [6, 6.07) is 2.79. The van der Waals surface area contributed by atoms with Gasteiger partial charge in [0.1, 0.15) is 6.04 Å². The van der Waals surface area contributed by atoms with Crippen LogP contribution in [-0.2, 0) is 16.0 Å². The topological polar surface area (TPSA) is 78.3 Å². The summed E-state index contributed by atoms with van der Waals surface area (Å²) >= 11 is 6.01. The highest BCUT2D eigenvalue weighted by molar-refractivity contribution is 6.31. The van der Waals surface area contributed by atoms with Crippen LogP contribution in [0.1, 0.15) is 11.1 Å². The maximum atomic E-state index is 11.2. The molecule has 0 saturated carbocycles. The Kier molecular flexibility index (Phi) is 4.15. The summed E-state index contributed by atoms with van der Waals surface area (Å²) in [6.45, 7) is 1.87. The third kappa shape index (κ3) is 2.87. The molecule has 16 heavy (non-hydrogen) atoms. The van der Waals surface area contributed by atoms with Gasteiger partial charge in [0.05, 0.1) is 7.11 Å². The Balaban J connectivity index is 2.89. The lowest BCUT2D eigenvalue weighted by Crippen LogP contribution is -2.33. The van der Waals surface area contributed by atoms with E-state index in [-0.39, 0.29) is 0 Å². The molecule has 4 nitrogen and oxygen atoms in total. The smallest absolute Gasteiger partial charge is 0.322 e. The van der Waals surface area contributed by atoms with E-state index >= 15 is 0 Å². The minimum Gasteiger partial charge on any atom is -0.468 e. The van der Waals surface area contributed by atoms with Crippen molar-refractivity contribution < 1.29 is 9.53 Å². The third-order valence-electron chi connectivity index (χ3n) is 2.38.